The van der Waals surface area contributed by atoms with Gasteiger partial charge in [0, 0.05) is 25.2 Å². The number of non-ortho nitro benzene ring substituents is 1. The highest BCUT2D eigenvalue weighted by Crippen LogP contribution is 2.20. The molecule has 2 rings (SSSR count). The smallest absolute Gasteiger partial charge is 0.269 e. The summed E-state index contributed by atoms with van der Waals surface area (Å²) in [4.78, 5) is 21.7. The van der Waals surface area contributed by atoms with Crippen molar-refractivity contribution in [1.82, 2.24) is 10.6 Å². The van der Waals surface area contributed by atoms with Crippen molar-refractivity contribution < 1.29 is 9.72 Å². The molecule has 16 heavy (non-hydrogen) atoms. The number of rotatable bonds is 2. The summed E-state index contributed by atoms with van der Waals surface area (Å²) in [5, 5.41) is 16.3. The van der Waals surface area contributed by atoms with Crippen molar-refractivity contribution in [1.29, 1.82) is 0 Å². The van der Waals surface area contributed by atoms with Crippen molar-refractivity contribution >= 4 is 11.6 Å². The largest absolute Gasteiger partial charge is 0.353 e. The number of piperazine rings is 1. The molecule has 1 heterocycles. The molecule has 1 amide bonds. The van der Waals surface area contributed by atoms with E-state index in [0.29, 0.717) is 18.7 Å². The van der Waals surface area contributed by atoms with Crippen LogP contribution in [-0.4, -0.2) is 23.9 Å². The third-order valence-corrected chi connectivity index (χ3v) is 2.45. The topological polar surface area (TPSA) is 84.3 Å². The van der Waals surface area contributed by atoms with Gasteiger partial charge in [0.1, 0.15) is 6.04 Å². The molecule has 0 bridgehead atoms. The monoisotopic (exact) mass is 221 g/mol. The highest BCUT2D eigenvalue weighted by molar-refractivity contribution is 5.84. The second-order valence-corrected chi connectivity index (χ2v) is 3.53. The van der Waals surface area contributed by atoms with E-state index in [1.807, 2.05) is 0 Å². The van der Waals surface area contributed by atoms with Gasteiger partial charge in [-0.25, -0.2) is 0 Å². The summed E-state index contributed by atoms with van der Waals surface area (Å²) in [6, 6.07) is 5.62. The maximum atomic E-state index is 11.5. The van der Waals surface area contributed by atoms with Crippen molar-refractivity contribution in [3.05, 3.63) is 39.9 Å². The Hall–Kier alpha value is -1.95. The predicted octanol–water partition coefficient (Wildman–Crippen LogP) is 0.355. The number of nitro groups is 1. The first-order chi connectivity index (χ1) is 7.68. The van der Waals surface area contributed by atoms with Crippen LogP contribution in [0.25, 0.3) is 0 Å². The Morgan fingerprint density at radius 2 is 2.19 bits per heavy atom. The van der Waals surface area contributed by atoms with Gasteiger partial charge in [0.25, 0.3) is 5.69 Å². The van der Waals surface area contributed by atoms with Gasteiger partial charge >= 0.3 is 0 Å². The van der Waals surface area contributed by atoms with E-state index in [0.717, 1.165) is 0 Å². The summed E-state index contributed by atoms with van der Waals surface area (Å²) in [6.45, 7) is 1.25. The lowest BCUT2D eigenvalue weighted by molar-refractivity contribution is -0.384. The molecule has 1 aromatic rings. The molecule has 1 saturated heterocycles. The second kappa shape index (κ2) is 4.28. The maximum Gasteiger partial charge on any atom is 0.269 e. The molecule has 6 nitrogen and oxygen atoms in total. The van der Waals surface area contributed by atoms with E-state index < -0.39 is 11.0 Å². The van der Waals surface area contributed by atoms with Gasteiger partial charge < -0.3 is 10.6 Å². The van der Waals surface area contributed by atoms with Gasteiger partial charge in [-0.15, -0.1) is 0 Å². The minimum atomic E-state index is -0.492. The lowest BCUT2D eigenvalue weighted by Crippen LogP contribution is -2.47. The molecular weight excluding hydrogens is 210 g/mol. The first-order valence-corrected chi connectivity index (χ1v) is 4.94. The summed E-state index contributed by atoms with van der Waals surface area (Å²) in [6.07, 6.45) is 0. The molecule has 1 aliphatic heterocycles. The molecule has 2 N–H and O–H groups in total. The Morgan fingerprint density at radius 3 is 2.88 bits per heavy atom. The van der Waals surface area contributed by atoms with E-state index >= 15 is 0 Å². The lowest BCUT2D eigenvalue weighted by atomic mass is 10.0. The molecule has 0 spiro atoms. The van der Waals surface area contributed by atoms with Crippen LogP contribution in [0, 0.1) is 10.1 Å². The number of nitrogens with zero attached hydrogens (tertiary/aromatic N) is 1. The number of carbonyl (C=O) groups excluding carboxylic acids is 1. The first kappa shape index (κ1) is 10.6. The van der Waals surface area contributed by atoms with Crippen LogP contribution in [0.4, 0.5) is 5.69 Å². The van der Waals surface area contributed by atoms with E-state index in [1.54, 1.807) is 12.1 Å². The summed E-state index contributed by atoms with van der Waals surface area (Å²) >= 11 is 0. The second-order valence-electron chi connectivity index (χ2n) is 3.53. The van der Waals surface area contributed by atoms with Crippen molar-refractivity contribution in [2.24, 2.45) is 0 Å². The molecule has 84 valence electrons. The van der Waals surface area contributed by atoms with Gasteiger partial charge in [-0.2, -0.15) is 0 Å². The molecular formula is C10H11N3O3. The summed E-state index contributed by atoms with van der Waals surface area (Å²) in [7, 11) is 0. The van der Waals surface area contributed by atoms with E-state index in [-0.39, 0.29) is 11.6 Å². The zero-order valence-electron chi connectivity index (χ0n) is 8.47. The van der Waals surface area contributed by atoms with E-state index in [1.165, 1.54) is 12.1 Å². The molecule has 1 aliphatic rings. The van der Waals surface area contributed by atoms with E-state index in [2.05, 4.69) is 10.6 Å². The molecule has 1 fully saturated rings. The van der Waals surface area contributed by atoms with Gasteiger partial charge in [0.05, 0.1) is 4.92 Å². The summed E-state index contributed by atoms with van der Waals surface area (Å²) in [5.74, 6) is -0.147. The zero-order chi connectivity index (χ0) is 11.5. The quantitative estimate of drug-likeness (QED) is 0.557. The fourth-order valence-electron chi connectivity index (χ4n) is 1.68. The van der Waals surface area contributed by atoms with Crippen LogP contribution in [0.15, 0.2) is 24.3 Å². The minimum absolute atomic E-state index is 0.00215. The van der Waals surface area contributed by atoms with Crippen LogP contribution in [0.1, 0.15) is 11.6 Å². The van der Waals surface area contributed by atoms with Crippen LogP contribution in [0.5, 0.6) is 0 Å². The number of nitrogens with one attached hydrogen (secondary N) is 2. The van der Waals surface area contributed by atoms with Gasteiger partial charge in [-0.1, -0.05) is 12.1 Å². The Morgan fingerprint density at radius 1 is 1.38 bits per heavy atom. The molecule has 1 aromatic carbocycles. The van der Waals surface area contributed by atoms with Crippen LogP contribution >= 0.6 is 0 Å². The Labute approximate surface area is 91.8 Å². The number of carbonyl (C=O) groups is 1. The fraction of sp³-hybridized carbons (Fsp3) is 0.300. The molecule has 0 unspecified atom stereocenters. The van der Waals surface area contributed by atoms with Crippen LogP contribution < -0.4 is 10.6 Å². The molecule has 0 saturated carbocycles. The average molecular weight is 221 g/mol. The summed E-state index contributed by atoms with van der Waals surface area (Å²) < 4.78 is 0. The average Bonchev–Trinajstić information content (AvgIpc) is 2.30. The predicted molar refractivity (Wildman–Crippen MR) is 56.8 cm³/mol. The van der Waals surface area contributed by atoms with E-state index in [4.69, 9.17) is 0 Å². The zero-order valence-corrected chi connectivity index (χ0v) is 8.47. The minimum Gasteiger partial charge on any atom is -0.353 e. The third-order valence-electron chi connectivity index (χ3n) is 2.45. The van der Waals surface area contributed by atoms with Gasteiger partial charge in [-0.05, 0) is 5.56 Å². The van der Waals surface area contributed by atoms with Gasteiger partial charge in [0.15, 0.2) is 0 Å². The van der Waals surface area contributed by atoms with Crippen molar-refractivity contribution in [3.63, 3.8) is 0 Å². The Balaban J connectivity index is 2.28. The van der Waals surface area contributed by atoms with E-state index in [9.17, 15) is 14.9 Å². The van der Waals surface area contributed by atoms with Crippen LogP contribution in [-0.2, 0) is 4.79 Å². The van der Waals surface area contributed by atoms with Crippen molar-refractivity contribution in [3.8, 4) is 0 Å². The van der Waals surface area contributed by atoms with Crippen molar-refractivity contribution in [2.75, 3.05) is 13.1 Å². The maximum absolute atomic E-state index is 11.5. The number of amides is 1. The molecule has 0 aliphatic carbocycles. The normalized spacial score (nSPS) is 20.2. The molecule has 6 heteroatoms. The number of nitro benzene ring substituents is 1. The highest BCUT2D eigenvalue weighted by Gasteiger charge is 2.24. The number of hydrogen-bond acceptors (Lipinski definition) is 4. The number of benzene rings is 1. The van der Waals surface area contributed by atoms with Crippen LogP contribution in [0.3, 0.4) is 0 Å². The standard InChI is InChI=1S/C10H11N3O3/c14-10-9(11-4-5-12-10)7-2-1-3-8(6-7)13(15)16/h1-3,6,9,11H,4-5H2,(H,12,14)/t9-/m0/s1. The molecule has 0 radical (unpaired) electrons. The van der Waals surface area contributed by atoms with Gasteiger partial charge in [-0.3, -0.25) is 14.9 Å². The SMILES string of the molecule is O=C1NCCN[C@H]1c1cccc([N+](=O)[O-])c1. The Bertz CT molecular complexity index is 433. The first-order valence-electron chi connectivity index (χ1n) is 4.94. The van der Waals surface area contributed by atoms with Crippen LogP contribution in [0.2, 0.25) is 0 Å². The number of hydrogen-bond donors (Lipinski definition) is 2. The third kappa shape index (κ3) is 2.01. The molecule has 1 atom stereocenters. The molecule has 0 aromatic heterocycles. The van der Waals surface area contributed by atoms with Gasteiger partial charge in [0.2, 0.25) is 5.91 Å². The highest BCUT2D eigenvalue weighted by atomic mass is 16.6. The lowest BCUT2D eigenvalue weighted by Gasteiger charge is -2.23. The summed E-state index contributed by atoms with van der Waals surface area (Å²) in [5.41, 5.74) is 0.615. The van der Waals surface area contributed by atoms with Crippen molar-refractivity contribution in [2.45, 2.75) is 6.04 Å². The Kier molecular flexibility index (Phi) is 2.82. The fourth-order valence-corrected chi connectivity index (χ4v) is 1.68.